The van der Waals surface area contributed by atoms with E-state index in [1.165, 1.54) is 6.20 Å². The van der Waals surface area contributed by atoms with Crippen molar-refractivity contribution in [3.63, 3.8) is 0 Å². The van der Waals surface area contributed by atoms with Crippen LogP contribution in [0.4, 0.5) is 18.9 Å². The molecule has 0 saturated carbocycles. The number of nitrogens with one attached hydrogen (secondary N) is 1. The summed E-state index contributed by atoms with van der Waals surface area (Å²) >= 11 is 0. The third-order valence-corrected chi connectivity index (χ3v) is 6.31. The Morgan fingerprint density at radius 1 is 1.06 bits per heavy atom. The lowest BCUT2D eigenvalue weighted by molar-refractivity contribution is -0.212. The van der Waals surface area contributed by atoms with Crippen LogP contribution >= 0.6 is 0 Å². The van der Waals surface area contributed by atoms with Crippen molar-refractivity contribution >= 4 is 22.6 Å². The molecule has 1 unspecified atom stereocenters. The number of carbonyl (C=O) groups is 1. The Kier molecular flexibility index (Phi) is 4.41. The van der Waals surface area contributed by atoms with Gasteiger partial charge in [-0.2, -0.15) is 14.9 Å². The molecule has 35 heavy (non-hydrogen) atoms. The number of aryl methyl sites for hydroxylation is 2. The van der Waals surface area contributed by atoms with E-state index < -0.39 is 12.3 Å². The standard InChI is InChI=1S/C24H18F3N7O/c1-13-20-21(15-5-3-14(4-6-15)16-10-30-33(11-16)24(25,26)27)34(23(35)22(20)32(2)31-13)17-7-8-18-19(9-17)29-12-28-18/h3-12,21H,1-2H3,(H,28,29). The number of benzene rings is 2. The van der Waals surface area contributed by atoms with Gasteiger partial charge in [0.15, 0.2) is 0 Å². The fraction of sp³-hybridized carbons (Fsp3) is 0.167. The van der Waals surface area contributed by atoms with Gasteiger partial charge in [-0.25, -0.2) is 4.98 Å². The summed E-state index contributed by atoms with van der Waals surface area (Å²) in [6.45, 7) is 1.86. The Morgan fingerprint density at radius 3 is 2.54 bits per heavy atom. The van der Waals surface area contributed by atoms with Gasteiger partial charge in [0.2, 0.25) is 0 Å². The topological polar surface area (TPSA) is 84.6 Å². The van der Waals surface area contributed by atoms with E-state index in [9.17, 15) is 18.0 Å². The minimum Gasteiger partial charge on any atom is -0.345 e. The molecule has 6 rings (SSSR count). The van der Waals surface area contributed by atoms with Crippen LogP contribution in [0.1, 0.15) is 33.4 Å². The molecule has 1 atom stereocenters. The molecule has 4 heterocycles. The Morgan fingerprint density at radius 2 is 1.83 bits per heavy atom. The predicted octanol–water partition coefficient (Wildman–Crippen LogP) is 4.69. The summed E-state index contributed by atoms with van der Waals surface area (Å²) in [5, 5.41) is 7.86. The molecule has 0 aliphatic carbocycles. The lowest BCUT2D eigenvalue weighted by Crippen LogP contribution is -2.30. The number of hydrogen-bond acceptors (Lipinski definition) is 4. The van der Waals surface area contributed by atoms with Crippen molar-refractivity contribution < 1.29 is 18.0 Å². The molecule has 176 valence electrons. The van der Waals surface area contributed by atoms with Crippen LogP contribution in [0, 0.1) is 6.92 Å². The largest absolute Gasteiger partial charge is 0.504 e. The van der Waals surface area contributed by atoms with Gasteiger partial charge < -0.3 is 4.98 Å². The van der Waals surface area contributed by atoms with Crippen molar-refractivity contribution in [1.82, 2.24) is 29.5 Å². The molecule has 0 radical (unpaired) electrons. The quantitative estimate of drug-likeness (QED) is 0.409. The monoisotopic (exact) mass is 477 g/mol. The van der Waals surface area contributed by atoms with Gasteiger partial charge in [0, 0.05) is 30.1 Å². The van der Waals surface area contributed by atoms with Crippen molar-refractivity contribution in [2.45, 2.75) is 19.3 Å². The highest BCUT2D eigenvalue weighted by Crippen LogP contribution is 2.43. The van der Waals surface area contributed by atoms with Gasteiger partial charge in [-0.3, -0.25) is 14.4 Å². The highest BCUT2D eigenvalue weighted by atomic mass is 19.4. The summed E-state index contributed by atoms with van der Waals surface area (Å²) in [6, 6.07) is 12.2. The van der Waals surface area contributed by atoms with Gasteiger partial charge >= 0.3 is 6.30 Å². The number of anilines is 1. The minimum atomic E-state index is -4.58. The number of carbonyl (C=O) groups excluding carboxylic acids is 1. The molecule has 3 aromatic heterocycles. The average molecular weight is 477 g/mol. The molecule has 11 heteroatoms. The van der Waals surface area contributed by atoms with Crippen molar-refractivity contribution in [2.75, 3.05) is 4.90 Å². The number of fused-ring (bicyclic) bond motifs is 2. The second-order valence-corrected chi connectivity index (χ2v) is 8.42. The second kappa shape index (κ2) is 7.29. The summed E-state index contributed by atoms with van der Waals surface area (Å²) in [6.07, 6.45) is -0.855. The van der Waals surface area contributed by atoms with Gasteiger partial charge in [0.1, 0.15) is 5.69 Å². The first-order valence-corrected chi connectivity index (χ1v) is 10.7. The van der Waals surface area contributed by atoms with Gasteiger partial charge in [-0.15, -0.1) is 13.2 Å². The number of alkyl halides is 3. The van der Waals surface area contributed by atoms with Gasteiger partial charge in [0.05, 0.1) is 35.3 Å². The molecule has 1 aliphatic heterocycles. The number of hydrogen-bond donors (Lipinski definition) is 1. The summed E-state index contributed by atoms with van der Waals surface area (Å²) in [5.74, 6) is -0.182. The summed E-state index contributed by atoms with van der Waals surface area (Å²) in [7, 11) is 1.74. The zero-order chi connectivity index (χ0) is 24.5. The number of aromatic nitrogens is 6. The van der Waals surface area contributed by atoms with E-state index in [2.05, 4.69) is 20.2 Å². The smallest absolute Gasteiger partial charge is 0.345 e. The highest BCUT2D eigenvalue weighted by molar-refractivity contribution is 6.11. The second-order valence-electron chi connectivity index (χ2n) is 8.42. The van der Waals surface area contributed by atoms with E-state index in [4.69, 9.17) is 0 Å². The first-order valence-electron chi connectivity index (χ1n) is 10.7. The first-order chi connectivity index (χ1) is 16.7. The molecule has 5 aromatic rings. The van der Waals surface area contributed by atoms with Crippen LogP contribution in [-0.4, -0.2) is 35.4 Å². The maximum atomic E-state index is 13.6. The molecule has 0 spiro atoms. The van der Waals surface area contributed by atoms with Gasteiger partial charge in [-0.1, -0.05) is 24.3 Å². The molecule has 1 N–H and O–H groups in total. The first kappa shape index (κ1) is 21.1. The van der Waals surface area contributed by atoms with Crippen LogP contribution in [0.15, 0.2) is 61.2 Å². The van der Waals surface area contributed by atoms with Crippen LogP contribution < -0.4 is 4.90 Å². The lowest BCUT2D eigenvalue weighted by atomic mass is 9.97. The average Bonchev–Trinajstić information content (AvgIpc) is 3.59. The normalized spacial score (nSPS) is 15.9. The maximum Gasteiger partial charge on any atom is 0.504 e. The molecular weight excluding hydrogens is 459 g/mol. The third kappa shape index (κ3) is 3.22. The van der Waals surface area contributed by atoms with Crippen LogP contribution in [0.2, 0.25) is 0 Å². The van der Waals surface area contributed by atoms with Crippen molar-refractivity contribution in [2.24, 2.45) is 7.05 Å². The summed E-state index contributed by atoms with van der Waals surface area (Å²) in [4.78, 5) is 22.7. The van der Waals surface area contributed by atoms with Crippen molar-refractivity contribution in [1.29, 1.82) is 0 Å². The zero-order valence-corrected chi connectivity index (χ0v) is 18.6. The maximum absolute atomic E-state index is 13.6. The molecule has 1 aliphatic rings. The summed E-state index contributed by atoms with van der Waals surface area (Å²) < 4.78 is 40.4. The van der Waals surface area contributed by atoms with E-state index >= 15 is 0 Å². The van der Waals surface area contributed by atoms with Gasteiger partial charge in [-0.05, 0) is 36.2 Å². The molecule has 8 nitrogen and oxygen atoms in total. The number of aromatic amines is 1. The Hall–Kier alpha value is -4.41. The predicted molar refractivity (Wildman–Crippen MR) is 122 cm³/mol. The van der Waals surface area contributed by atoms with Crippen LogP contribution in [0.5, 0.6) is 0 Å². The van der Waals surface area contributed by atoms with Crippen LogP contribution in [0.25, 0.3) is 22.2 Å². The Balaban J connectivity index is 1.44. The van der Waals surface area contributed by atoms with E-state index in [0.717, 1.165) is 34.1 Å². The van der Waals surface area contributed by atoms with Crippen LogP contribution in [-0.2, 0) is 13.3 Å². The molecule has 0 bridgehead atoms. The molecule has 1 amide bonds. The number of imidazole rings is 1. The number of nitrogens with zero attached hydrogens (tertiary/aromatic N) is 6. The summed E-state index contributed by atoms with van der Waals surface area (Å²) in [5.41, 5.74) is 6.06. The number of H-pyrrole nitrogens is 1. The van der Waals surface area contributed by atoms with Gasteiger partial charge in [0.25, 0.3) is 5.91 Å². The fourth-order valence-corrected chi connectivity index (χ4v) is 4.74. The van der Waals surface area contributed by atoms with E-state index in [1.807, 2.05) is 37.3 Å². The highest BCUT2D eigenvalue weighted by Gasteiger charge is 2.43. The minimum absolute atomic E-state index is 0.0237. The molecular formula is C24H18F3N7O. The lowest BCUT2D eigenvalue weighted by Gasteiger charge is -2.26. The number of amides is 1. The van der Waals surface area contributed by atoms with Crippen LogP contribution in [0.3, 0.4) is 0 Å². The SMILES string of the molecule is Cc1nn(C)c2c1C(c1ccc(-c3cnn(C(F)(F)F)c3)cc1)N(c1ccc3[nH]cnc3c1)C2=O. The van der Waals surface area contributed by atoms with E-state index in [0.29, 0.717) is 22.5 Å². The Bertz CT molecular complexity index is 1590. The third-order valence-electron chi connectivity index (χ3n) is 6.31. The number of rotatable bonds is 3. The van der Waals surface area contributed by atoms with Crippen molar-refractivity contribution in [3.05, 3.63) is 83.7 Å². The molecule has 0 saturated heterocycles. The molecule has 0 fully saturated rings. The molecule has 2 aromatic carbocycles. The number of halogens is 3. The van der Waals surface area contributed by atoms with E-state index in [-0.39, 0.29) is 10.6 Å². The zero-order valence-electron chi connectivity index (χ0n) is 18.6. The fourth-order valence-electron chi connectivity index (χ4n) is 4.74. The van der Waals surface area contributed by atoms with E-state index in [1.54, 1.807) is 35.1 Å². The van der Waals surface area contributed by atoms with Crippen molar-refractivity contribution in [3.8, 4) is 11.1 Å². The Labute approximate surface area is 196 Å².